The molecular formula is C11H18F3N5. The number of rotatable bonds is 5. The minimum atomic E-state index is -4.42. The number of likely N-dealkylation sites (N-methyl/N-ethyl adjacent to an activating group) is 2. The summed E-state index contributed by atoms with van der Waals surface area (Å²) in [4.78, 5) is 7.60. The molecule has 0 aliphatic rings. The van der Waals surface area contributed by atoms with Crippen molar-refractivity contribution in [2.24, 2.45) is 5.84 Å². The number of hydrogen-bond donors (Lipinski definition) is 2. The van der Waals surface area contributed by atoms with E-state index in [2.05, 4.69) is 10.4 Å². The largest absolute Gasteiger partial charge is 0.416 e. The van der Waals surface area contributed by atoms with Gasteiger partial charge in [0.25, 0.3) is 0 Å². The Hall–Kier alpha value is -1.54. The van der Waals surface area contributed by atoms with Gasteiger partial charge in [-0.2, -0.15) is 13.2 Å². The lowest BCUT2D eigenvalue weighted by Gasteiger charge is -2.22. The second-order valence-corrected chi connectivity index (χ2v) is 4.47. The van der Waals surface area contributed by atoms with Crippen LogP contribution in [-0.4, -0.2) is 44.1 Å². The van der Waals surface area contributed by atoms with Crippen LogP contribution >= 0.6 is 0 Å². The predicted molar refractivity (Wildman–Crippen MR) is 68.9 cm³/mol. The van der Waals surface area contributed by atoms with E-state index in [9.17, 15) is 13.2 Å². The normalized spacial score (nSPS) is 11.8. The number of anilines is 2. The summed E-state index contributed by atoms with van der Waals surface area (Å²) in [5.41, 5.74) is 1.38. The lowest BCUT2D eigenvalue weighted by atomic mass is 10.2. The van der Waals surface area contributed by atoms with Crippen molar-refractivity contribution < 1.29 is 13.2 Å². The smallest absolute Gasteiger partial charge is 0.358 e. The standard InChI is InChI=1S/C11H18F3N5/c1-18(2)4-5-19(3)10-7-8(11(12,13)14)6-9(16-10)17-15/h6-7H,4-5,15H2,1-3H3,(H,16,17). The summed E-state index contributed by atoms with van der Waals surface area (Å²) in [7, 11) is 5.47. The molecule has 19 heavy (non-hydrogen) atoms. The van der Waals surface area contributed by atoms with Gasteiger partial charge in [0.2, 0.25) is 0 Å². The van der Waals surface area contributed by atoms with Crippen LogP contribution in [0.4, 0.5) is 24.8 Å². The van der Waals surface area contributed by atoms with Crippen molar-refractivity contribution in [2.75, 3.05) is 44.6 Å². The first-order valence-electron chi connectivity index (χ1n) is 5.66. The van der Waals surface area contributed by atoms with Crippen molar-refractivity contribution >= 4 is 11.6 Å². The van der Waals surface area contributed by atoms with Crippen LogP contribution in [0.2, 0.25) is 0 Å². The van der Waals surface area contributed by atoms with Crippen LogP contribution < -0.4 is 16.2 Å². The van der Waals surface area contributed by atoms with Gasteiger partial charge < -0.3 is 15.2 Å². The highest BCUT2D eigenvalue weighted by molar-refractivity contribution is 5.50. The van der Waals surface area contributed by atoms with Gasteiger partial charge in [-0.05, 0) is 26.2 Å². The summed E-state index contributed by atoms with van der Waals surface area (Å²) in [6, 6.07) is 1.89. The maximum Gasteiger partial charge on any atom is 0.416 e. The summed E-state index contributed by atoms with van der Waals surface area (Å²) in [5, 5.41) is 0. The SMILES string of the molecule is CN(C)CCN(C)c1cc(C(F)(F)F)cc(NN)n1. The number of nitrogens with zero attached hydrogens (tertiary/aromatic N) is 3. The predicted octanol–water partition coefficient (Wildman–Crippen LogP) is 1.38. The van der Waals surface area contributed by atoms with Gasteiger partial charge in [0.05, 0.1) is 5.56 Å². The van der Waals surface area contributed by atoms with Crippen molar-refractivity contribution in [3.63, 3.8) is 0 Å². The van der Waals surface area contributed by atoms with Gasteiger partial charge in [0, 0.05) is 20.1 Å². The highest BCUT2D eigenvalue weighted by Crippen LogP contribution is 2.32. The topological polar surface area (TPSA) is 57.4 Å². The maximum absolute atomic E-state index is 12.7. The molecule has 0 amide bonds. The molecule has 0 aliphatic heterocycles. The van der Waals surface area contributed by atoms with Crippen molar-refractivity contribution in [3.8, 4) is 0 Å². The Morgan fingerprint density at radius 1 is 1.21 bits per heavy atom. The van der Waals surface area contributed by atoms with Crippen LogP contribution in [0.15, 0.2) is 12.1 Å². The quantitative estimate of drug-likeness (QED) is 0.629. The number of halogens is 3. The average Bonchev–Trinajstić information content (AvgIpc) is 2.34. The maximum atomic E-state index is 12.7. The number of hydrogen-bond acceptors (Lipinski definition) is 5. The van der Waals surface area contributed by atoms with E-state index in [1.54, 1.807) is 11.9 Å². The number of nitrogens with one attached hydrogen (secondary N) is 1. The van der Waals surface area contributed by atoms with Crippen molar-refractivity contribution in [2.45, 2.75) is 6.18 Å². The van der Waals surface area contributed by atoms with Crippen LogP contribution in [0.1, 0.15) is 5.56 Å². The molecule has 0 saturated heterocycles. The van der Waals surface area contributed by atoms with E-state index in [1.165, 1.54) is 0 Å². The van der Waals surface area contributed by atoms with E-state index in [4.69, 9.17) is 5.84 Å². The molecule has 0 unspecified atom stereocenters. The van der Waals surface area contributed by atoms with Gasteiger partial charge in [-0.15, -0.1) is 0 Å². The molecule has 1 aromatic heterocycles. The number of alkyl halides is 3. The van der Waals surface area contributed by atoms with E-state index in [1.807, 2.05) is 19.0 Å². The third kappa shape index (κ3) is 4.56. The third-order valence-electron chi connectivity index (χ3n) is 2.56. The fourth-order valence-electron chi connectivity index (χ4n) is 1.41. The molecule has 0 fully saturated rings. The highest BCUT2D eigenvalue weighted by atomic mass is 19.4. The molecule has 3 N–H and O–H groups in total. The zero-order chi connectivity index (χ0) is 14.6. The van der Waals surface area contributed by atoms with Gasteiger partial charge in [-0.1, -0.05) is 0 Å². The molecule has 0 atom stereocenters. The van der Waals surface area contributed by atoms with Crippen molar-refractivity contribution in [1.82, 2.24) is 9.88 Å². The molecule has 108 valence electrons. The fraction of sp³-hybridized carbons (Fsp3) is 0.545. The molecule has 0 aromatic carbocycles. The third-order valence-corrected chi connectivity index (χ3v) is 2.56. The minimum absolute atomic E-state index is 0.0125. The Morgan fingerprint density at radius 3 is 2.32 bits per heavy atom. The first-order valence-corrected chi connectivity index (χ1v) is 5.66. The molecule has 1 aromatic rings. The molecule has 1 rings (SSSR count). The number of nitrogen functional groups attached to an aromatic ring is 1. The number of hydrazine groups is 1. The van der Waals surface area contributed by atoms with E-state index in [0.717, 1.165) is 12.1 Å². The second kappa shape index (κ2) is 6.07. The molecule has 0 bridgehead atoms. The van der Waals surface area contributed by atoms with Crippen molar-refractivity contribution in [3.05, 3.63) is 17.7 Å². The Kier molecular flexibility index (Phi) is 4.96. The molecule has 0 saturated carbocycles. The van der Waals surface area contributed by atoms with Crippen molar-refractivity contribution in [1.29, 1.82) is 0 Å². The zero-order valence-electron chi connectivity index (χ0n) is 11.1. The van der Waals surface area contributed by atoms with E-state index in [0.29, 0.717) is 13.1 Å². The van der Waals surface area contributed by atoms with Crippen LogP contribution in [0.25, 0.3) is 0 Å². The van der Waals surface area contributed by atoms with Gasteiger partial charge >= 0.3 is 6.18 Å². The van der Waals surface area contributed by atoms with Gasteiger partial charge in [-0.25, -0.2) is 10.8 Å². The second-order valence-electron chi connectivity index (χ2n) is 4.47. The first kappa shape index (κ1) is 15.5. The lowest BCUT2D eigenvalue weighted by molar-refractivity contribution is -0.137. The lowest BCUT2D eigenvalue weighted by Crippen LogP contribution is -2.29. The van der Waals surface area contributed by atoms with E-state index in [-0.39, 0.29) is 11.6 Å². The molecule has 1 heterocycles. The van der Waals surface area contributed by atoms with Crippen LogP contribution in [0, 0.1) is 0 Å². The van der Waals surface area contributed by atoms with E-state index >= 15 is 0 Å². The van der Waals surface area contributed by atoms with Gasteiger partial charge in [0.15, 0.2) is 0 Å². The Balaban J connectivity index is 2.99. The summed E-state index contributed by atoms with van der Waals surface area (Å²) >= 11 is 0. The zero-order valence-corrected chi connectivity index (χ0v) is 11.1. The van der Waals surface area contributed by atoms with Crippen LogP contribution in [0.3, 0.4) is 0 Å². The van der Waals surface area contributed by atoms with Gasteiger partial charge in [-0.3, -0.25) is 0 Å². The molecule has 0 radical (unpaired) electrons. The average molecular weight is 277 g/mol. The molecule has 0 spiro atoms. The monoisotopic (exact) mass is 277 g/mol. The van der Waals surface area contributed by atoms with Gasteiger partial charge in [0.1, 0.15) is 11.6 Å². The highest BCUT2D eigenvalue weighted by Gasteiger charge is 2.32. The number of pyridine rings is 1. The number of aromatic nitrogens is 1. The Bertz CT molecular complexity index is 419. The molecule has 5 nitrogen and oxygen atoms in total. The summed E-state index contributed by atoms with van der Waals surface area (Å²) in [5.74, 6) is 5.36. The Labute approximate surface area is 110 Å². The summed E-state index contributed by atoms with van der Waals surface area (Å²) in [6.45, 7) is 1.27. The summed E-state index contributed by atoms with van der Waals surface area (Å²) < 4.78 is 38.2. The molecule has 8 heteroatoms. The summed E-state index contributed by atoms with van der Waals surface area (Å²) in [6.07, 6.45) is -4.42. The minimum Gasteiger partial charge on any atom is -0.358 e. The van der Waals surface area contributed by atoms with Crippen LogP contribution in [0.5, 0.6) is 0 Å². The van der Waals surface area contributed by atoms with Crippen LogP contribution in [-0.2, 0) is 6.18 Å². The molecule has 0 aliphatic carbocycles. The van der Waals surface area contributed by atoms with E-state index < -0.39 is 11.7 Å². The molecular weight excluding hydrogens is 259 g/mol. The first-order chi connectivity index (χ1) is 8.74. The number of nitrogens with two attached hydrogens (primary N) is 1. The fourth-order valence-corrected chi connectivity index (χ4v) is 1.41. The Morgan fingerprint density at radius 2 is 1.84 bits per heavy atom.